The van der Waals surface area contributed by atoms with E-state index in [0.717, 1.165) is 19.4 Å². The first-order valence-electron chi connectivity index (χ1n) is 8.29. The van der Waals surface area contributed by atoms with Crippen LogP contribution in [-0.2, 0) is 14.4 Å². The third kappa shape index (κ3) is 2.97. The largest absolute Gasteiger partial charge is 0.339 e. The fraction of sp³-hybridized carbons (Fsp3) is 0.812. The Morgan fingerprint density at radius 2 is 1.67 bits per heavy atom. The molecule has 3 aliphatic rings. The van der Waals surface area contributed by atoms with Crippen molar-refractivity contribution in [2.24, 2.45) is 5.92 Å². The highest BCUT2D eigenvalue weighted by Gasteiger charge is 2.36. The number of amides is 3. The van der Waals surface area contributed by atoms with Crippen LogP contribution in [0.2, 0.25) is 0 Å². The Bertz CT molecular complexity index is 427. The quantitative estimate of drug-likeness (QED) is 0.741. The SMILES string of the molecule is O=C1CCC(=O)N1CCC(=O)N1CCC[C@H]1C1CCCC1. The summed E-state index contributed by atoms with van der Waals surface area (Å²) in [5, 5.41) is 0. The van der Waals surface area contributed by atoms with Crippen LogP contribution in [0.3, 0.4) is 0 Å². The fourth-order valence-corrected chi connectivity index (χ4v) is 4.16. The van der Waals surface area contributed by atoms with Crippen LogP contribution in [0.25, 0.3) is 0 Å². The molecule has 2 heterocycles. The van der Waals surface area contributed by atoms with Crippen molar-refractivity contribution in [1.29, 1.82) is 0 Å². The van der Waals surface area contributed by atoms with Crippen LogP contribution in [0.1, 0.15) is 57.8 Å². The Morgan fingerprint density at radius 1 is 1.00 bits per heavy atom. The number of rotatable bonds is 4. The topological polar surface area (TPSA) is 57.7 Å². The van der Waals surface area contributed by atoms with Crippen LogP contribution < -0.4 is 0 Å². The molecule has 0 aromatic heterocycles. The summed E-state index contributed by atoms with van der Waals surface area (Å²) >= 11 is 0. The van der Waals surface area contributed by atoms with Gasteiger partial charge in [0, 0.05) is 38.4 Å². The number of likely N-dealkylation sites (tertiary alicyclic amines) is 2. The van der Waals surface area contributed by atoms with E-state index in [2.05, 4.69) is 0 Å². The van der Waals surface area contributed by atoms with Gasteiger partial charge in [0.05, 0.1) is 0 Å². The van der Waals surface area contributed by atoms with E-state index in [4.69, 9.17) is 0 Å². The molecule has 3 rings (SSSR count). The zero-order valence-corrected chi connectivity index (χ0v) is 12.6. The highest BCUT2D eigenvalue weighted by molar-refractivity contribution is 6.02. The molecule has 1 saturated carbocycles. The van der Waals surface area contributed by atoms with Gasteiger partial charge >= 0.3 is 0 Å². The third-order valence-corrected chi connectivity index (χ3v) is 5.27. The van der Waals surface area contributed by atoms with Gasteiger partial charge in [-0.25, -0.2) is 0 Å². The number of hydrogen-bond donors (Lipinski definition) is 0. The Balaban J connectivity index is 1.54. The second kappa shape index (κ2) is 6.16. The van der Waals surface area contributed by atoms with Gasteiger partial charge in [-0.05, 0) is 31.6 Å². The van der Waals surface area contributed by atoms with E-state index in [1.54, 1.807) is 0 Å². The molecular weight excluding hydrogens is 268 g/mol. The Kier molecular flexibility index (Phi) is 4.27. The van der Waals surface area contributed by atoms with Gasteiger partial charge in [-0.15, -0.1) is 0 Å². The zero-order chi connectivity index (χ0) is 14.8. The van der Waals surface area contributed by atoms with Gasteiger partial charge in [-0.2, -0.15) is 0 Å². The molecule has 2 saturated heterocycles. The first-order chi connectivity index (χ1) is 10.2. The molecule has 1 atom stereocenters. The summed E-state index contributed by atoms with van der Waals surface area (Å²) in [6.07, 6.45) is 8.20. The second-order valence-corrected chi connectivity index (χ2v) is 6.53. The van der Waals surface area contributed by atoms with Crippen LogP contribution in [0, 0.1) is 5.92 Å². The van der Waals surface area contributed by atoms with Crippen molar-refractivity contribution in [3.05, 3.63) is 0 Å². The van der Waals surface area contributed by atoms with Crippen molar-refractivity contribution >= 4 is 17.7 Å². The van der Waals surface area contributed by atoms with Gasteiger partial charge in [-0.1, -0.05) is 12.8 Å². The molecule has 5 nitrogen and oxygen atoms in total. The number of nitrogens with zero attached hydrogens (tertiary/aromatic N) is 2. The van der Waals surface area contributed by atoms with Gasteiger partial charge in [0.15, 0.2) is 0 Å². The molecule has 0 spiro atoms. The molecular formula is C16H24N2O3. The highest BCUT2D eigenvalue weighted by atomic mass is 16.2. The standard InChI is InChI=1S/C16H24N2O3/c19-14-7-8-15(20)18(14)11-9-16(21)17-10-3-6-13(17)12-4-1-2-5-12/h12-13H,1-11H2/t13-/m0/s1. The molecule has 1 aliphatic carbocycles. The minimum Gasteiger partial charge on any atom is -0.339 e. The van der Waals surface area contributed by atoms with E-state index >= 15 is 0 Å². The van der Waals surface area contributed by atoms with Crippen molar-refractivity contribution in [2.75, 3.05) is 13.1 Å². The molecule has 2 aliphatic heterocycles. The normalized spacial score (nSPS) is 27.1. The summed E-state index contributed by atoms with van der Waals surface area (Å²) in [7, 11) is 0. The van der Waals surface area contributed by atoms with E-state index in [9.17, 15) is 14.4 Å². The number of carbonyl (C=O) groups is 3. The number of carbonyl (C=O) groups excluding carboxylic acids is 3. The summed E-state index contributed by atoms with van der Waals surface area (Å²) in [5.41, 5.74) is 0. The van der Waals surface area contributed by atoms with E-state index in [0.29, 0.717) is 31.2 Å². The average molecular weight is 292 g/mol. The van der Waals surface area contributed by atoms with E-state index in [1.807, 2.05) is 4.90 Å². The molecule has 116 valence electrons. The maximum Gasteiger partial charge on any atom is 0.229 e. The molecule has 5 heteroatoms. The Labute approximate surface area is 125 Å². The Morgan fingerprint density at radius 3 is 2.33 bits per heavy atom. The molecule has 0 unspecified atom stereocenters. The summed E-state index contributed by atoms with van der Waals surface area (Å²) in [4.78, 5) is 38.9. The number of imide groups is 1. The van der Waals surface area contributed by atoms with Gasteiger partial charge in [0.25, 0.3) is 0 Å². The predicted molar refractivity (Wildman–Crippen MR) is 77.3 cm³/mol. The highest BCUT2D eigenvalue weighted by Crippen LogP contribution is 2.35. The lowest BCUT2D eigenvalue weighted by atomic mass is 9.96. The average Bonchev–Trinajstić information content (AvgIpc) is 3.18. The van der Waals surface area contributed by atoms with Crippen LogP contribution in [0.5, 0.6) is 0 Å². The third-order valence-electron chi connectivity index (χ3n) is 5.27. The molecule has 0 radical (unpaired) electrons. The van der Waals surface area contributed by atoms with Crippen molar-refractivity contribution < 1.29 is 14.4 Å². The van der Waals surface area contributed by atoms with Crippen LogP contribution in [-0.4, -0.2) is 46.7 Å². The summed E-state index contributed by atoms with van der Waals surface area (Å²) < 4.78 is 0. The van der Waals surface area contributed by atoms with E-state index < -0.39 is 0 Å². The second-order valence-electron chi connectivity index (χ2n) is 6.53. The van der Waals surface area contributed by atoms with Crippen LogP contribution in [0.15, 0.2) is 0 Å². The smallest absolute Gasteiger partial charge is 0.229 e. The van der Waals surface area contributed by atoms with E-state index in [-0.39, 0.29) is 24.3 Å². The van der Waals surface area contributed by atoms with Crippen molar-refractivity contribution in [3.63, 3.8) is 0 Å². The monoisotopic (exact) mass is 292 g/mol. The molecule has 0 N–H and O–H groups in total. The lowest BCUT2D eigenvalue weighted by molar-refractivity contribution is -0.139. The maximum absolute atomic E-state index is 12.5. The van der Waals surface area contributed by atoms with Gasteiger partial charge in [0.2, 0.25) is 17.7 Å². The van der Waals surface area contributed by atoms with Crippen molar-refractivity contribution in [2.45, 2.75) is 63.8 Å². The van der Waals surface area contributed by atoms with Gasteiger partial charge in [-0.3, -0.25) is 19.3 Å². The summed E-state index contributed by atoms with van der Waals surface area (Å²) in [6, 6.07) is 0.407. The minimum absolute atomic E-state index is 0.122. The summed E-state index contributed by atoms with van der Waals surface area (Å²) in [6.45, 7) is 1.12. The first kappa shape index (κ1) is 14.5. The van der Waals surface area contributed by atoms with Crippen LogP contribution >= 0.6 is 0 Å². The lowest BCUT2D eigenvalue weighted by Gasteiger charge is -2.30. The minimum atomic E-state index is -0.124. The maximum atomic E-state index is 12.5. The van der Waals surface area contributed by atoms with Crippen molar-refractivity contribution in [3.8, 4) is 0 Å². The molecule has 0 bridgehead atoms. The first-order valence-corrected chi connectivity index (χ1v) is 8.29. The molecule has 0 aromatic carbocycles. The van der Waals surface area contributed by atoms with Gasteiger partial charge < -0.3 is 4.90 Å². The predicted octanol–water partition coefficient (Wildman–Crippen LogP) is 1.71. The molecule has 3 amide bonds. The summed E-state index contributed by atoms with van der Waals surface area (Å²) in [5.74, 6) is 0.548. The number of hydrogen-bond acceptors (Lipinski definition) is 3. The fourth-order valence-electron chi connectivity index (χ4n) is 4.16. The van der Waals surface area contributed by atoms with Crippen molar-refractivity contribution in [1.82, 2.24) is 9.80 Å². The lowest BCUT2D eigenvalue weighted by Crippen LogP contribution is -2.41. The zero-order valence-electron chi connectivity index (χ0n) is 12.6. The van der Waals surface area contributed by atoms with Gasteiger partial charge in [0.1, 0.15) is 0 Å². The molecule has 3 fully saturated rings. The van der Waals surface area contributed by atoms with E-state index in [1.165, 1.54) is 30.6 Å². The van der Waals surface area contributed by atoms with Crippen LogP contribution in [0.4, 0.5) is 0 Å². The Hall–Kier alpha value is -1.39. The molecule has 0 aromatic rings. The molecule has 21 heavy (non-hydrogen) atoms.